The Labute approximate surface area is 130 Å². The number of piperidine rings is 1. The number of hydrogen-bond acceptors (Lipinski definition) is 4. The number of amides is 1. The largest absolute Gasteiger partial charge is 0.508 e. The Hall–Kier alpha value is -1.75. The third-order valence-corrected chi connectivity index (χ3v) is 5.21. The number of nitrogens with one attached hydrogen (secondary N) is 1. The lowest BCUT2D eigenvalue weighted by Gasteiger charge is -2.43. The second-order valence-electron chi connectivity index (χ2n) is 6.52. The lowest BCUT2D eigenvalue weighted by molar-refractivity contribution is -0.159. The van der Waals surface area contributed by atoms with E-state index in [1.165, 1.54) is 6.42 Å². The first-order valence-electron chi connectivity index (χ1n) is 8.27. The number of carbonyl (C=O) groups excluding carboxylic acids is 1. The van der Waals surface area contributed by atoms with Crippen molar-refractivity contribution in [2.45, 2.75) is 43.7 Å². The average molecular weight is 302 g/mol. The van der Waals surface area contributed by atoms with E-state index in [2.05, 4.69) is 10.2 Å². The van der Waals surface area contributed by atoms with Gasteiger partial charge in [0, 0.05) is 25.2 Å². The number of benzene rings is 1. The van der Waals surface area contributed by atoms with Crippen molar-refractivity contribution in [2.24, 2.45) is 0 Å². The number of phenols is 1. The van der Waals surface area contributed by atoms with Crippen molar-refractivity contribution in [3.63, 3.8) is 0 Å². The standard InChI is InChI=1S/C17H22N2O3/c20-12-6-7-15-13(11-12)14-5-4-8-18-16(21)17(14,22-15)19-9-2-1-3-10-19/h6-7,11,14,20H,1-5,8-10H2,(H,18,21)/t14-,17+/m1/s1. The topological polar surface area (TPSA) is 61.8 Å². The van der Waals surface area contributed by atoms with Crippen LogP contribution >= 0.6 is 0 Å². The quantitative estimate of drug-likeness (QED) is 0.832. The maximum absolute atomic E-state index is 12.9. The Morgan fingerprint density at radius 1 is 1.23 bits per heavy atom. The van der Waals surface area contributed by atoms with Crippen LogP contribution in [0.1, 0.15) is 43.6 Å². The summed E-state index contributed by atoms with van der Waals surface area (Å²) in [7, 11) is 0. The summed E-state index contributed by atoms with van der Waals surface area (Å²) in [6.45, 7) is 2.48. The zero-order valence-electron chi connectivity index (χ0n) is 12.7. The fourth-order valence-corrected chi connectivity index (χ4v) is 4.20. The van der Waals surface area contributed by atoms with E-state index in [-0.39, 0.29) is 17.6 Å². The molecule has 2 N–H and O–H groups in total. The predicted molar refractivity (Wildman–Crippen MR) is 81.9 cm³/mol. The lowest BCUT2D eigenvalue weighted by atomic mass is 9.85. The number of phenolic OH excluding ortho intramolecular Hbond substituents is 1. The van der Waals surface area contributed by atoms with E-state index >= 15 is 0 Å². The molecule has 0 bridgehead atoms. The highest BCUT2D eigenvalue weighted by atomic mass is 16.5. The van der Waals surface area contributed by atoms with Gasteiger partial charge in [0.2, 0.25) is 5.72 Å². The summed E-state index contributed by atoms with van der Waals surface area (Å²) in [5, 5.41) is 12.9. The molecule has 2 fully saturated rings. The molecule has 2 atom stereocenters. The second kappa shape index (κ2) is 5.16. The number of hydrogen-bond donors (Lipinski definition) is 2. The highest BCUT2D eigenvalue weighted by molar-refractivity contribution is 5.88. The van der Waals surface area contributed by atoms with E-state index in [0.29, 0.717) is 6.54 Å². The smallest absolute Gasteiger partial charge is 0.280 e. The molecule has 3 aliphatic rings. The summed E-state index contributed by atoms with van der Waals surface area (Å²) in [4.78, 5) is 15.2. The Morgan fingerprint density at radius 3 is 2.86 bits per heavy atom. The molecule has 1 aromatic carbocycles. The first-order valence-corrected chi connectivity index (χ1v) is 8.27. The average Bonchev–Trinajstić information content (AvgIpc) is 2.77. The molecule has 3 aliphatic heterocycles. The number of likely N-dealkylation sites (tertiary alicyclic amines) is 1. The molecule has 118 valence electrons. The van der Waals surface area contributed by atoms with Crippen LogP contribution in [0.2, 0.25) is 0 Å². The minimum atomic E-state index is -0.924. The first kappa shape index (κ1) is 13.9. The van der Waals surface area contributed by atoms with Gasteiger partial charge < -0.3 is 15.2 Å². The van der Waals surface area contributed by atoms with Crippen LogP contribution in [0.4, 0.5) is 0 Å². The molecule has 0 unspecified atom stereocenters. The van der Waals surface area contributed by atoms with Crippen molar-refractivity contribution in [3.8, 4) is 11.5 Å². The molecular formula is C17H22N2O3. The van der Waals surface area contributed by atoms with Crippen LogP contribution < -0.4 is 10.1 Å². The molecule has 3 heterocycles. The van der Waals surface area contributed by atoms with Gasteiger partial charge in [-0.25, -0.2) is 0 Å². The molecule has 5 heteroatoms. The maximum Gasteiger partial charge on any atom is 0.280 e. The minimum Gasteiger partial charge on any atom is -0.508 e. The molecule has 0 spiro atoms. The third kappa shape index (κ3) is 1.92. The lowest BCUT2D eigenvalue weighted by Crippen LogP contribution is -2.64. The van der Waals surface area contributed by atoms with Gasteiger partial charge in [0.25, 0.3) is 5.91 Å². The Balaban J connectivity index is 1.82. The van der Waals surface area contributed by atoms with E-state index in [0.717, 1.165) is 50.1 Å². The molecule has 1 amide bonds. The van der Waals surface area contributed by atoms with Gasteiger partial charge in [-0.2, -0.15) is 0 Å². The van der Waals surface area contributed by atoms with Gasteiger partial charge >= 0.3 is 0 Å². The number of aromatic hydroxyl groups is 1. The number of carbonyl (C=O) groups is 1. The van der Waals surface area contributed by atoms with E-state index in [4.69, 9.17) is 4.74 Å². The number of fused-ring (bicyclic) bond motifs is 3. The fourth-order valence-electron chi connectivity index (χ4n) is 4.20. The minimum absolute atomic E-state index is 0.00444. The van der Waals surface area contributed by atoms with Crippen LogP contribution in [0.15, 0.2) is 18.2 Å². The monoisotopic (exact) mass is 302 g/mol. The molecule has 0 saturated carbocycles. The van der Waals surface area contributed by atoms with E-state index in [1.807, 2.05) is 0 Å². The number of rotatable bonds is 1. The normalized spacial score (nSPS) is 31.6. The molecule has 4 rings (SSSR count). The van der Waals surface area contributed by atoms with Crippen molar-refractivity contribution in [3.05, 3.63) is 23.8 Å². The zero-order valence-corrected chi connectivity index (χ0v) is 12.7. The fraction of sp³-hybridized carbons (Fsp3) is 0.588. The summed E-state index contributed by atoms with van der Waals surface area (Å²) in [5.41, 5.74) is 0.0511. The highest BCUT2D eigenvalue weighted by Gasteiger charge is 2.58. The van der Waals surface area contributed by atoms with Crippen molar-refractivity contribution >= 4 is 5.91 Å². The Morgan fingerprint density at radius 2 is 2.05 bits per heavy atom. The van der Waals surface area contributed by atoms with Gasteiger partial charge in [0.15, 0.2) is 0 Å². The van der Waals surface area contributed by atoms with Gasteiger partial charge in [-0.05, 0) is 43.9 Å². The first-order chi connectivity index (χ1) is 10.7. The van der Waals surface area contributed by atoms with Crippen LogP contribution in [0, 0.1) is 0 Å². The molecule has 22 heavy (non-hydrogen) atoms. The van der Waals surface area contributed by atoms with Crippen LogP contribution in [0.3, 0.4) is 0 Å². The van der Waals surface area contributed by atoms with Crippen molar-refractivity contribution in [1.82, 2.24) is 10.2 Å². The van der Waals surface area contributed by atoms with E-state index < -0.39 is 5.72 Å². The van der Waals surface area contributed by atoms with Gasteiger partial charge in [-0.15, -0.1) is 0 Å². The number of nitrogens with zero attached hydrogens (tertiary/aromatic N) is 1. The van der Waals surface area contributed by atoms with E-state index in [9.17, 15) is 9.90 Å². The summed E-state index contributed by atoms with van der Waals surface area (Å²) in [6.07, 6.45) is 5.25. The summed E-state index contributed by atoms with van der Waals surface area (Å²) >= 11 is 0. The zero-order chi connectivity index (χ0) is 15.2. The third-order valence-electron chi connectivity index (χ3n) is 5.21. The van der Waals surface area contributed by atoms with Crippen molar-refractivity contribution in [2.75, 3.05) is 19.6 Å². The van der Waals surface area contributed by atoms with E-state index in [1.54, 1.807) is 18.2 Å². The van der Waals surface area contributed by atoms with Crippen molar-refractivity contribution < 1.29 is 14.6 Å². The van der Waals surface area contributed by atoms with Crippen LogP contribution in [-0.4, -0.2) is 41.3 Å². The van der Waals surface area contributed by atoms with Gasteiger partial charge in [0.05, 0.1) is 5.92 Å². The summed E-state index contributed by atoms with van der Waals surface area (Å²) in [6, 6.07) is 5.19. The Kier molecular flexibility index (Phi) is 3.26. The van der Waals surface area contributed by atoms with Gasteiger partial charge in [-0.1, -0.05) is 6.42 Å². The maximum atomic E-state index is 12.9. The molecule has 2 saturated heterocycles. The molecule has 1 aromatic rings. The van der Waals surface area contributed by atoms with Crippen LogP contribution in [0.5, 0.6) is 11.5 Å². The van der Waals surface area contributed by atoms with Crippen LogP contribution in [0.25, 0.3) is 0 Å². The van der Waals surface area contributed by atoms with Gasteiger partial charge in [-0.3, -0.25) is 9.69 Å². The highest BCUT2D eigenvalue weighted by Crippen LogP contribution is 2.51. The Bertz CT molecular complexity index is 598. The molecule has 0 aliphatic carbocycles. The second-order valence-corrected chi connectivity index (χ2v) is 6.52. The van der Waals surface area contributed by atoms with Gasteiger partial charge in [0.1, 0.15) is 11.5 Å². The van der Waals surface area contributed by atoms with Crippen LogP contribution in [-0.2, 0) is 4.79 Å². The molecule has 5 nitrogen and oxygen atoms in total. The SMILES string of the molecule is O=C1NCCC[C@@H]2c3cc(O)ccc3O[C@]12N1CCCCC1. The molecule has 0 aromatic heterocycles. The van der Waals surface area contributed by atoms with Crippen molar-refractivity contribution in [1.29, 1.82) is 0 Å². The number of ether oxygens (including phenoxy) is 1. The summed E-state index contributed by atoms with van der Waals surface area (Å²) < 4.78 is 6.29. The molecule has 0 radical (unpaired) electrons. The molecular weight excluding hydrogens is 280 g/mol. The predicted octanol–water partition coefficient (Wildman–Crippen LogP) is 1.96. The summed E-state index contributed by atoms with van der Waals surface area (Å²) in [5.74, 6) is 0.953.